The molecule has 1 aliphatic rings. The van der Waals surface area contributed by atoms with Gasteiger partial charge in [0.25, 0.3) is 5.91 Å². The molecule has 3 heterocycles. The van der Waals surface area contributed by atoms with E-state index in [4.69, 9.17) is 0 Å². The summed E-state index contributed by atoms with van der Waals surface area (Å²) in [6, 6.07) is 4.26. The molecule has 1 amide bonds. The second-order valence-electron chi connectivity index (χ2n) is 4.95. The molecule has 2 aromatic heterocycles. The fourth-order valence-corrected chi connectivity index (χ4v) is 3.59. The SMILES string of the molecule is Cc1nc(C)c(C(=O)N2CCn3cccc3C2C)s1. The number of aromatic nitrogens is 2. The van der Waals surface area contributed by atoms with E-state index in [-0.39, 0.29) is 11.9 Å². The normalized spacial score (nSPS) is 18.5. The van der Waals surface area contributed by atoms with Gasteiger partial charge in [0, 0.05) is 25.0 Å². The van der Waals surface area contributed by atoms with Crippen molar-refractivity contribution in [3.63, 3.8) is 0 Å². The number of amides is 1. The molecule has 1 atom stereocenters. The molecule has 0 saturated heterocycles. The van der Waals surface area contributed by atoms with Gasteiger partial charge in [0.05, 0.1) is 16.7 Å². The molecule has 0 aromatic carbocycles. The maximum Gasteiger partial charge on any atom is 0.266 e. The lowest BCUT2D eigenvalue weighted by Gasteiger charge is -2.34. The third-order valence-corrected chi connectivity index (χ3v) is 4.76. The minimum absolute atomic E-state index is 0.114. The minimum Gasteiger partial charge on any atom is -0.348 e. The van der Waals surface area contributed by atoms with Crippen molar-refractivity contribution in [3.8, 4) is 0 Å². The van der Waals surface area contributed by atoms with E-state index in [9.17, 15) is 4.79 Å². The van der Waals surface area contributed by atoms with Gasteiger partial charge in [-0.25, -0.2) is 4.98 Å². The summed E-state index contributed by atoms with van der Waals surface area (Å²) in [6.45, 7) is 7.58. The zero-order chi connectivity index (χ0) is 13.6. The minimum atomic E-state index is 0.114. The van der Waals surface area contributed by atoms with Crippen LogP contribution in [0.25, 0.3) is 0 Å². The summed E-state index contributed by atoms with van der Waals surface area (Å²) >= 11 is 1.49. The molecule has 2 aromatic rings. The molecule has 1 unspecified atom stereocenters. The number of thiazole rings is 1. The molecular formula is C14H17N3OS. The number of carbonyl (C=O) groups is 1. The molecule has 0 fully saturated rings. The van der Waals surface area contributed by atoms with Crippen LogP contribution in [0.2, 0.25) is 0 Å². The van der Waals surface area contributed by atoms with E-state index in [1.807, 2.05) is 24.8 Å². The standard InChI is InChI=1S/C14H17N3OS/c1-9-13(19-11(3)15-9)14(18)17-8-7-16-6-4-5-12(16)10(17)2/h4-6,10H,7-8H2,1-3H3. The molecule has 100 valence electrons. The van der Waals surface area contributed by atoms with Crippen molar-refractivity contribution in [3.05, 3.63) is 39.6 Å². The van der Waals surface area contributed by atoms with Crippen LogP contribution in [0.4, 0.5) is 0 Å². The molecule has 0 radical (unpaired) electrons. The number of hydrogen-bond acceptors (Lipinski definition) is 3. The second-order valence-corrected chi connectivity index (χ2v) is 6.15. The van der Waals surface area contributed by atoms with Crippen LogP contribution < -0.4 is 0 Å². The number of nitrogens with zero attached hydrogens (tertiary/aromatic N) is 3. The molecule has 5 heteroatoms. The Hall–Kier alpha value is -1.62. The highest BCUT2D eigenvalue weighted by Crippen LogP contribution is 2.29. The van der Waals surface area contributed by atoms with Crippen molar-refractivity contribution in [1.82, 2.24) is 14.5 Å². The predicted octanol–water partition coefficient (Wildman–Crippen LogP) is 2.78. The Labute approximate surface area is 116 Å². The maximum atomic E-state index is 12.7. The van der Waals surface area contributed by atoms with Crippen molar-refractivity contribution in [1.29, 1.82) is 0 Å². The Balaban J connectivity index is 1.92. The van der Waals surface area contributed by atoms with Crippen molar-refractivity contribution in [2.45, 2.75) is 33.4 Å². The first kappa shape index (κ1) is 12.4. The van der Waals surface area contributed by atoms with E-state index in [1.165, 1.54) is 17.0 Å². The van der Waals surface area contributed by atoms with E-state index in [2.05, 4.69) is 28.7 Å². The van der Waals surface area contributed by atoms with Crippen molar-refractivity contribution >= 4 is 17.2 Å². The van der Waals surface area contributed by atoms with Gasteiger partial charge in [-0.3, -0.25) is 4.79 Å². The van der Waals surface area contributed by atoms with Crippen LogP contribution in [-0.2, 0) is 6.54 Å². The van der Waals surface area contributed by atoms with E-state index in [1.54, 1.807) is 0 Å². The number of rotatable bonds is 1. The van der Waals surface area contributed by atoms with Gasteiger partial charge in [-0.1, -0.05) is 0 Å². The Morgan fingerprint density at radius 2 is 2.21 bits per heavy atom. The van der Waals surface area contributed by atoms with Crippen LogP contribution in [-0.4, -0.2) is 26.9 Å². The fourth-order valence-electron chi connectivity index (χ4n) is 2.72. The summed E-state index contributed by atoms with van der Waals surface area (Å²) in [5, 5.41) is 0.953. The second kappa shape index (κ2) is 4.49. The average Bonchev–Trinajstić information content (AvgIpc) is 2.96. The third kappa shape index (κ3) is 1.98. The van der Waals surface area contributed by atoms with E-state index in [0.717, 1.165) is 28.7 Å². The van der Waals surface area contributed by atoms with Gasteiger partial charge in [-0.05, 0) is 32.9 Å². The van der Waals surface area contributed by atoms with Crippen molar-refractivity contribution in [2.75, 3.05) is 6.54 Å². The molecule has 0 bridgehead atoms. The monoisotopic (exact) mass is 275 g/mol. The smallest absolute Gasteiger partial charge is 0.266 e. The largest absolute Gasteiger partial charge is 0.348 e. The van der Waals surface area contributed by atoms with Gasteiger partial charge in [0.15, 0.2) is 0 Å². The Bertz CT molecular complexity index is 628. The summed E-state index contributed by atoms with van der Waals surface area (Å²) in [7, 11) is 0. The van der Waals surface area contributed by atoms with E-state index in [0.29, 0.717) is 0 Å². The Morgan fingerprint density at radius 3 is 2.89 bits per heavy atom. The first-order chi connectivity index (χ1) is 9.08. The average molecular weight is 275 g/mol. The molecular weight excluding hydrogens is 258 g/mol. The molecule has 19 heavy (non-hydrogen) atoms. The van der Waals surface area contributed by atoms with Crippen LogP contribution in [0.3, 0.4) is 0 Å². The summed E-state index contributed by atoms with van der Waals surface area (Å²) in [4.78, 5) is 19.8. The van der Waals surface area contributed by atoms with Crippen LogP contribution >= 0.6 is 11.3 Å². The maximum absolute atomic E-state index is 12.7. The highest BCUT2D eigenvalue weighted by Gasteiger charge is 2.29. The van der Waals surface area contributed by atoms with E-state index >= 15 is 0 Å². The zero-order valence-electron chi connectivity index (χ0n) is 11.4. The lowest BCUT2D eigenvalue weighted by atomic mass is 10.1. The number of hydrogen-bond donors (Lipinski definition) is 0. The molecule has 0 saturated carbocycles. The van der Waals surface area contributed by atoms with Crippen molar-refractivity contribution < 1.29 is 4.79 Å². The quantitative estimate of drug-likeness (QED) is 0.802. The van der Waals surface area contributed by atoms with Crippen molar-refractivity contribution in [2.24, 2.45) is 0 Å². The van der Waals surface area contributed by atoms with Crippen LogP contribution in [0.15, 0.2) is 18.3 Å². The van der Waals surface area contributed by atoms with Crippen LogP contribution in [0.5, 0.6) is 0 Å². The summed E-state index contributed by atoms with van der Waals surface area (Å²) in [5.41, 5.74) is 2.05. The summed E-state index contributed by atoms with van der Waals surface area (Å²) < 4.78 is 2.22. The van der Waals surface area contributed by atoms with Crippen LogP contribution in [0, 0.1) is 13.8 Å². The zero-order valence-corrected chi connectivity index (χ0v) is 12.2. The van der Waals surface area contributed by atoms with Gasteiger partial charge < -0.3 is 9.47 Å². The lowest BCUT2D eigenvalue weighted by molar-refractivity contribution is 0.0648. The highest BCUT2D eigenvalue weighted by atomic mass is 32.1. The molecule has 0 spiro atoms. The van der Waals surface area contributed by atoms with Crippen LogP contribution in [0.1, 0.15) is 39.0 Å². The Morgan fingerprint density at radius 1 is 1.42 bits per heavy atom. The van der Waals surface area contributed by atoms with E-state index < -0.39 is 0 Å². The van der Waals surface area contributed by atoms with Gasteiger partial charge in [-0.15, -0.1) is 11.3 Å². The van der Waals surface area contributed by atoms with Gasteiger partial charge >= 0.3 is 0 Å². The summed E-state index contributed by atoms with van der Waals surface area (Å²) in [6.07, 6.45) is 2.08. The number of aryl methyl sites for hydroxylation is 2. The molecule has 4 nitrogen and oxygen atoms in total. The van der Waals surface area contributed by atoms with Gasteiger partial charge in [0.2, 0.25) is 0 Å². The van der Waals surface area contributed by atoms with Gasteiger partial charge in [0.1, 0.15) is 4.88 Å². The molecule has 0 N–H and O–H groups in total. The first-order valence-corrected chi connectivity index (χ1v) is 7.29. The third-order valence-electron chi connectivity index (χ3n) is 3.70. The predicted molar refractivity (Wildman–Crippen MR) is 75.5 cm³/mol. The summed E-state index contributed by atoms with van der Waals surface area (Å²) in [5.74, 6) is 0.114. The molecule has 3 rings (SSSR count). The molecule has 1 aliphatic heterocycles. The lowest BCUT2D eigenvalue weighted by Crippen LogP contribution is -2.40. The topological polar surface area (TPSA) is 38.1 Å². The number of carbonyl (C=O) groups excluding carboxylic acids is 1. The first-order valence-electron chi connectivity index (χ1n) is 6.48. The fraction of sp³-hybridized carbons (Fsp3) is 0.429. The number of fused-ring (bicyclic) bond motifs is 1. The highest BCUT2D eigenvalue weighted by molar-refractivity contribution is 7.13. The molecule has 0 aliphatic carbocycles. The Kier molecular flexibility index (Phi) is 2.93. The van der Waals surface area contributed by atoms with Gasteiger partial charge in [-0.2, -0.15) is 0 Å².